The molecule has 0 aromatic heterocycles. The Labute approximate surface area is 150 Å². The molecule has 0 heterocycles. The normalized spacial score (nSPS) is 34.9. The molecule has 6 atom stereocenters. The van der Waals surface area contributed by atoms with Gasteiger partial charge in [0.15, 0.2) is 5.60 Å². The Hall–Kier alpha value is -0.920. The summed E-state index contributed by atoms with van der Waals surface area (Å²) in [5.41, 5.74) is -2.64. The first-order valence-corrected chi connectivity index (χ1v) is 9.23. The SMILES string of the molecule is CCC(C)C(=O)OC1(C(F)(F)C(O)C(F)(F)F)C(C)CC2CCCC1C2. The number of alkyl halides is 5. The van der Waals surface area contributed by atoms with Crippen molar-refractivity contribution < 1.29 is 36.6 Å². The van der Waals surface area contributed by atoms with E-state index in [1.165, 1.54) is 13.8 Å². The van der Waals surface area contributed by atoms with Gasteiger partial charge in [-0.2, -0.15) is 22.0 Å². The molecule has 2 rings (SSSR count). The van der Waals surface area contributed by atoms with E-state index in [4.69, 9.17) is 4.74 Å². The van der Waals surface area contributed by atoms with Crippen molar-refractivity contribution in [3.8, 4) is 0 Å². The molecule has 6 unspecified atom stereocenters. The number of rotatable bonds is 5. The molecular formula is C18H27F5O3. The fourth-order valence-electron chi connectivity index (χ4n) is 4.68. The number of carbonyl (C=O) groups is 1. The van der Waals surface area contributed by atoms with Crippen molar-refractivity contribution in [1.29, 1.82) is 0 Å². The van der Waals surface area contributed by atoms with Gasteiger partial charge in [0.25, 0.3) is 0 Å². The molecule has 2 bridgehead atoms. The number of esters is 1. The molecule has 152 valence electrons. The summed E-state index contributed by atoms with van der Waals surface area (Å²) in [7, 11) is 0. The molecule has 1 N–H and O–H groups in total. The van der Waals surface area contributed by atoms with Crippen LogP contribution in [0.2, 0.25) is 0 Å². The van der Waals surface area contributed by atoms with Crippen LogP contribution in [0.4, 0.5) is 22.0 Å². The van der Waals surface area contributed by atoms with Gasteiger partial charge in [-0.15, -0.1) is 0 Å². The fraction of sp³-hybridized carbons (Fsp3) is 0.944. The number of aliphatic hydroxyl groups is 1. The standard InChI is InChI=1S/C18H27F5O3/c1-4-10(2)14(24)26-16(17(19,20)15(25)18(21,22)23)11(3)8-12-6-5-7-13(16)9-12/h10-13,15,25H,4-9H2,1-3H3. The number of aliphatic hydroxyl groups excluding tert-OH is 1. The molecular weight excluding hydrogens is 359 g/mol. The number of hydrogen-bond donors (Lipinski definition) is 1. The molecule has 0 radical (unpaired) electrons. The predicted octanol–water partition coefficient (Wildman–Crippen LogP) is 4.72. The van der Waals surface area contributed by atoms with Crippen LogP contribution in [-0.2, 0) is 9.53 Å². The summed E-state index contributed by atoms with van der Waals surface area (Å²) in [4.78, 5) is 12.4. The Morgan fingerprint density at radius 1 is 1.23 bits per heavy atom. The third-order valence-corrected chi connectivity index (χ3v) is 6.27. The van der Waals surface area contributed by atoms with Crippen molar-refractivity contribution in [3.63, 3.8) is 0 Å². The van der Waals surface area contributed by atoms with Gasteiger partial charge in [0.05, 0.1) is 5.92 Å². The van der Waals surface area contributed by atoms with Crippen LogP contribution >= 0.6 is 0 Å². The summed E-state index contributed by atoms with van der Waals surface area (Å²) in [6, 6.07) is 0. The number of hydrogen-bond acceptors (Lipinski definition) is 3. The lowest BCUT2D eigenvalue weighted by Crippen LogP contribution is -2.69. The lowest BCUT2D eigenvalue weighted by molar-refractivity contribution is -0.343. The van der Waals surface area contributed by atoms with Gasteiger partial charge in [-0.25, -0.2) is 0 Å². The monoisotopic (exact) mass is 386 g/mol. The average molecular weight is 386 g/mol. The molecule has 0 spiro atoms. The van der Waals surface area contributed by atoms with Gasteiger partial charge in [-0.3, -0.25) is 4.79 Å². The Morgan fingerprint density at radius 3 is 2.38 bits per heavy atom. The first-order valence-electron chi connectivity index (χ1n) is 9.23. The summed E-state index contributed by atoms with van der Waals surface area (Å²) in [6.07, 6.45) is -6.82. The van der Waals surface area contributed by atoms with E-state index in [2.05, 4.69) is 0 Å². The van der Waals surface area contributed by atoms with E-state index in [1.807, 2.05) is 0 Å². The summed E-state index contributed by atoms with van der Waals surface area (Å²) < 4.78 is 74.6. The Balaban J connectivity index is 2.52. The largest absolute Gasteiger partial charge is 0.452 e. The zero-order valence-electron chi connectivity index (χ0n) is 15.3. The van der Waals surface area contributed by atoms with E-state index in [-0.39, 0.29) is 25.2 Å². The molecule has 2 aliphatic rings. The van der Waals surface area contributed by atoms with Gasteiger partial charge < -0.3 is 9.84 Å². The molecule has 0 aromatic rings. The van der Waals surface area contributed by atoms with Crippen LogP contribution in [0.25, 0.3) is 0 Å². The number of fused-ring (bicyclic) bond motifs is 2. The van der Waals surface area contributed by atoms with Crippen molar-refractivity contribution >= 4 is 5.97 Å². The van der Waals surface area contributed by atoms with Crippen molar-refractivity contribution in [2.45, 2.75) is 83.1 Å². The molecule has 3 nitrogen and oxygen atoms in total. The Bertz CT molecular complexity index is 519. The molecule has 0 aromatic carbocycles. The molecule has 2 saturated carbocycles. The van der Waals surface area contributed by atoms with Gasteiger partial charge in [0, 0.05) is 11.8 Å². The van der Waals surface area contributed by atoms with E-state index >= 15 is 8.78 Å². The Morgan fingerprint density at radius 2 is 1.85 bits per heavy atom. The van der Waals surface area contributed by atoms with Crippen molar-refractivity contribution in [3.05, 3.63) is 0 Å². The fourth-order valence-corrected chi connectivity index (χ4v) is 4.68. The highest BCUT2D eigenvalue weighted by Gasteiger charge is 2.73. The van der Waals surface area contributed by atoms with E-state index in [9.17, 15) is 23.1 Å². The van der Waals surface area contributed by atoms with E-state index in [1.54, 1.807) is 6.92 Å². The van der Waals surface area contributed by atoms with Gasteiger partial charge in [-0.1, -0.05) is 33.6 Å². The van der Waals surface area contributed by atoms with E-state index in [0.717, 1.165) is 6.42 Å². The maximum absolute atomic E-state index is 15.2. The average Bonchev–Trinajstić information content (AvgIpc) is 2.55. The molecule has 0 aliphatic heterocycles. The van der Waals surface area contributed by atoms with Crippen LogP contribution in [0.3, 0.4) is 0 Å². The minimum atomic E-state index is -5.51. The topological polar surface area (TPSA) is 46.5 Å². The van der Waals surface area contributed by atoms with Crippen LogP contribution in [0.1, 0.15) is 59.3 Å². The molecule has 2 aliphatic carbocycles. The highest BCUT2D eigenvalue weighted by molar-refractivity contribution is 5.72. The molecule has 8 heteroatoms. The van der Waals surface area contributed by atoms with Gasteiger partial charge in [0.2, 0.25) is 6.10 Å². The maximum Gasteiger partial charge on any atom is 0.420 e. The van der Waals surface area contributed by atoms with Gasteiger partial charge in [-0.05, 0) is 31.6 Å². The first kappa shape index (κ1) is 21.4. The van der Waals surface area contributed by atoms with Crippen LogP contribution in [0.15, 0.2) is 0 Å². The second kappa shape index (κ2) is 7.24. The number of carbonyl (C=O) groups excluding carboxylic acids is 1. The highest BCUT2D eigenvalue weighted by Crippen LogP contribution is 2.58. The summed E-state index contributed by atoms with van der Waals surface area (Å²) in [5.74, 6) is -8.01. The van der Waals surface area contributed by atoms with Gasteiger partial charge >= 0.3 is 18.1 Å². The van der Waals surface area contributed by atoms with Crippen LogP contribution in [0.5, 0.6) is 0 Å². The zero-order valence-corrected chi connectivity index (χ0v) is 15.3. The van der Waals surface area contributed by atoms with Crippen molar-refractivity contribution in [2.75, 3.05) is 0 Å². The summed E-state index contributed by atoms with van der Waals surface area (Å²) >= 11 is 0. The predicted molar refractivity (Wildman–Crippen MR) is 84.5 cm³/mol. The molecule has 26 heavy (non-hydrogen) atoms. The third-order valence-electron chi connectivity index (χ3n) is 6.27. The summed E-state index contributed by atoms with van der Waals surface area (Å²) in [5, 5.41) is 9.49. The second-order valence-corrected chi connectivity index (χ2v) is 7.96. The van der Waals surface area contributed by atoms with E-state index < -0.39 is 47.5 Å². The number of ether oxygens (including phenoxy) is 1. The Kier molecular flexibility index (Phi) is 5.96. The van der Waals surface area contributed by atoms with Crippen molar-refractivity contribution in [2.24, 2.45) is 23.7 Å². The minimum absolute atomic E-state index is 0.137. The quantitative estimate of drug-likeness (QED) is 0.549. The minimum Gasteiger partial charge on any atom is -0.452 e. The highest BCUT2D eigenvalue weighted by atomic mass is 19.4. The van der Waals surface area contributed by atoms with Crippen LogP contribution in [-0.4, -0.2) is 34.9 Å². The number of halogens is 5. The lowest BCUT2D eigenvalue weighted by atomic mass is 9.57. The zero-order chi connectivity index (χ0) is 19.9. The van der Waals surface area contributed by atoms with Gasteiger partial charge in [0.1, 0.15) is 0 Å². The molecule has 0 saturated heterocycles. The third kappa shape index (κ3) is 3.45. The molecule has 2 fully saturated rings. The first-order chi connectivity index (χ1) is 11.9. The smallest absolute Gasteiger partial charge is 0.420 e. The maximum atomic E-state index is 15.2. The lowest BCUT2D eigenvalue weighted by Gasteiger charge is -2.56. The molecule has 0 amide bonds. The van der Waals surface area contributed by atoms with Crippen LogP contribution < -0.4 is 0 Å². The van der Waals surface area contributed by atoms with E-state index in [0.29, 0.717) is 12.8 Å². The second-order valence-electron chi connectivity index (χ2n) is 7.96. The van der Waals surface area contributed by atoms with Crippen LogP contribution in [0, 0.1) is 23.7 Å². The van der Waals surface area contributed by atoms with Crippen molar-refractivity contribution in [1.82, 2.24) is 0 Å². The summed E-state index contributed by atoms with van der Waals surface area (Å²) in [6.45, 7) is 4.57.